The van der Waals surface area contributed by atoms with Gasteiger partial charge in [-0.15, -0.1) is 0 Å². The zero-order valence-corrected chi connectivity index (χ0v) is 10.4. The zero-order valence-electron chi connectivity index (χ0n) is 10.4. The lowest BCUT2D eigenvalue weighted by atomic mass is 9.60. The van der Waals surface area contributed by atoms with Crippen molar-refractivity contribution in [1.82, 2.24) is 0 Å². The molecule has 1 N–H and O–H groups in total. The Morgan fingerprint density at radius 2 is 1.71 bits per heavy atom. The second-order valence-electron chi connectivity index (χ2n) is 5.83. The number of hydrogen-bond acceptors (Lipinski definition) is 1. The molecule has 1 aromatic carbocycles. The van der Waals surface area contributed by atoms with Crippen molar-refractivity contribution in [1.29, 1.82) is 0 Å². The molecular weight excluding hydrogens is 208 g/mol. The zero-order chi connectivity index (χ0) is 11.7. The van der Waals surface area contributed by atoms with Crippen molar-refractivity contribution in [3.8, 4) is 0 Å². The van der Waals surface area contributed by atoms with Gasteiger partial charge in [0.05, 0.1) is 5.60 Å². The Balaban J connectivity index is 1.89. The van der Waals surface area contributed by atoms with Gasteiger partial charge in [0.15, 0.2) is 0 Å². The van der Waals surface area contributed by atoms with Gasteiger partial charge in [-0.05, 0) is 37.2 Å². The fourth-order valence-corrected chi connectivity index (χ4v) is 3.72. The second kappa shape index (κ2) is 4.45. The Hall–Kier alpha value is -0.820. The lowest BCUT2D eigenvalue weighted by Gasteiger charge is -2.49. The summed E-state index contributed by atoms with van der Waals surface area (Å²) < 4.78 is 0. The molecule has 0 aliphatic heterocycles. The van der Waals surface area contributed by atoms with Gasteiger partial charge in [-0.1, -0.05) is 49.6 Å². The number of rotatable bonds is 2. The van der Waals surface area contributed by atoms with Gasteiger partial charge in [0.25, 0.3) is 0 Å². The van der Waals surface area contributed by atoms with Crippen LogP contribution in [-0.2, 0) is 0 Å². The highest BCUT2D eigenvalue weighted by Crippen LogP contribution is 2.50. The van der Waals surface area contributed by atoms with E-state index < -0.39 is 5.60 Å². The topological polar surface area (TPSA) is 20.2 Å². The fraction of sp³-hybridized carbons (Fsp3) is 0.625. The van der Waals surface area contributed by atoms with Crippen LogP contribution in [0, 0.1) is 5.92 Å². The third kappa shape index (κ3) is 1.91. The van der Waals surface area contributed by atoms with Crippen molar-refractivity contribution in [3.63, 3.8) is 0 Å². The van der Waals surface area contributed by atoms with E-state index in [0.717, 1.165) is 12.8 Å². The summed E-state index contributed by atoms with van der Waals surface area (Å²) in [4.78, 5) is 0. The average Bonchev–Trinajstić information content (AvgIpc) is 2.28. The number of hydrogen-bond donors (Lipinski definition) is 1. The van der Waals surface area contributed by atoms with Gasteiger partial charge < -0.3 is 5.11 Å². The van der Waals surface area contributed by atoms with Gasteiger partial charge in [-0.3, -0.25) is 0 Å². The molecule has 0 saturated heterocycles. The van der Waals surface area contributed by atoms with Crippen molar-refractivity contribution in [3.05, 3.63) is 35.9 Å². The van der Waals surface area contributed by atoms with Gasteiger partial charge in [0, 0.05) is 5.92 Å². The predicted octanol–water partition coefficient (Wildman–Crippen LogP) is 3.88. The van der Waals surface area contributed by atoms with Crippen LogP contribution >= 0.6 is 0 Å². The molecule has 17 heavy (non-hydrogen) atoms. The molecule has 92 valence electrons. The van der Waals surface area contributed by atoms with E-state index in [2.05, 4.69) is 30.3 Å². The fourth-order valence-electron chi connectivity index (χ4n) is 3.72. The molecule has 1 aromatic rings. The first-order chi connectivity index (χ1) is 8.31. The third-order valence-corrected chi connectivity index (χ3v) is 4.94. The molecule has 2 saturated carbocycles. The van der Waals surface area contributed by atoms with Gasteiger partial charge in [-0.25, -0.2) is 0 Å². The van der Waals surface area contributed by atoms with Crippen molar-refractivity contribution in [2.24, 2.45) is 5.92 Å². The van der Waals surface area contributed by atoms with Crippen LogP contribution < -0.4 is 0 Å². The van der Waals surface area contributed by atoms with E-state index in [1.165, 1.54) is 37.7 Å². The summed E-state index contributed by atoms with van der Waals surface area (Å²) in [7, 11) is 0. The molecule has 2 atom stereocenters. The van der Waals surface area contributed by atoms with Crippen LogP contribution in [0.5, 0.6) is 0 Å². The van der Waals surface area contributed by atoms with Crippen molar-refractivity contribution < 1.29 is 5.11 Å². The van der Waals surface area contributed by atoms with E-state index in [4.69, 9.17) is 0 Å². The third-order valence-electron chi connectivity index (χ3n) is 4.94. The quantitative estimate of drug-likeness (QED) is 0.817. The summed E-state index contributed by atoms with van der Waals surface area (Å²) in [5.74, 6) is 0.941. The molecule has 0 amide bonds. The lowest BCUT2D eigenvalue weighted by molar-refractivity contribution is -0.0930. The summed E-state index contributed by atoms with van der Waals surface area (Å²) in [6, 6.07) is 10.7. The molecule has 1 nitrogen and oxygen atoms in total. The molecule has 0 aromatic heterocycles. The molecule has 2 aliphatic rings. The first-order valence-corrected chi connectivity index (χ1v) is 7.08. The summed E-state index contributed by atoms with van der Waals surface area (Å²) in [5, 5.41) is 11.1. The lowest BCUT2D eigenvalue weighted by Crippen LogP contribution is -2.48. The van der Waals surface area contributed by atoms with Crippen molar-refractivity contribution in [2.75, 3.05) is 0 Å². The van der Waals surface area contributed by atoms with E-state index in [9.17, 15) is 5.11 Å². The Morgan fingerprint density at radius 3 is 2.35 bits per heavy atom. The summed E-state index contributed by atoms with van der Waals surface area (Å²) >= 11 is 0. The highest BCUT2D eigenvalue weighted by atomic mass is 16.3. The van der Waals surface area contributed by atoms with Crippen LogP contribution in [-0.4, -0.2) is 10.7 Å². The standard InChI is InChI=1S/C16H22O/c17-16(14-9-6-10-14)12-5-4-11-15(16)13-7-2-1-3-8-13/h1-3,7-8,14-15,17H,4-6,9-12H2. The Kier molecular flexibility index (Phi) is 2.96. The summed E-state index contributed by atoms with van der Waals surface area (Å²) in [6.07, 6.45) is 8.44. The summed E-state index contributed by atoms with van der Waals surface area (Å²) in [6.45, 7) is 0. The highest BCUT2D eigenvalue weighted by Gasteiger charge is 2.47. The van der Waals surface area contributed by atoms with Gasteiger partial charge in [0.2, 0.25) is 0 Å². The predicted molar refractivity (Wildman–Crippen MR) is 69.9 cm³/mol. The van der Waals surface area contributed by atoms with Gasteiger partial charge >= 0.3 is 0 Å². The molecule has 2 fully saturated rings. The highest BCUT2D eigenvalue weighted by molar-refractivity contribution is 5.24. The molecule has 0 bridgehead atoms. The first-order valence-electron chi connectivity index (χ1n) is 7.08. The largest absolute Gasteiger partial charge is 0.389 e. The van der Waals surface area contributed by atoms with E-state index in [1.54, 1.807) is 0 Å². The molecule has 1 heteroatoms. The maximum atomic E-state index is 11.1. The molecular formula is C16H22O. The molecule has 0 radical (unpaired) electrons. The molecule has 3 rings (SSSR count). The summed E-state index contributed by atoms with van der Waals surface area (Å²) in [5.41, 5.74) is 0.944. The minimum atomic E-state index is -0.405. The van der Waals surface area contributed by atoms with E-state index in [-0.39, 0.29) is 0 Å². The van der Waals surface area contributed by atoms with Crippen LogP contribution in [0.3, 0.4) is 0 Å². The van der Waals surface area contributed by atoms with Crippen LogP contribution in [0.15, 0.2) is 30.3 Å². The maximum Gasteiger partial charge on any atom is 0.0743 e. The molecule has 2 aliphatic carbocycles. The maximum absolute atomic E-state index is 11.1. The van der Waals surface area contributed by atoms with Crippen LogP contribution in [0.4, 0.5) is 0 Å². The monoisotopic (exact) mass is 230 g/mol. The van der Waals surface area contributed by atoms with Gasteiger partial charge in [-0.2, -0.15) is 0 Å². The molecule has 0 spiro atoms. The number of aliphatic hydroxyl groups is 1. The van der Waals surface area contributed by atoms with Crippen molar-refractivity contribution in [2.45, 2.75) is 56.5 Å². The smallest absolute Gasteiger partial charge is 0.0743 e. The van der Waals surface area contributed by atoms with Crippen molar-refractivity contribution >= 4 is 0 Å². The van der Waals surface area contributed by atoms with Crippen LogP contribution in [0.25, 0.3) is 0 Å². The van der Waals surface area contributed by atoms with E-state index in [0.29, 0.717) is 11.8 Å². The first kappa shape index (κ1) is 11.3. The second-order valence-corrected chi connectivity index (χ2v) is 5.83. The van der Waals surface area contributed by atoms with Crippen LogP contribution in [0.1, 0.15) is 56.4 Å². The van der Waals surface area contributed by atoms with E-state index in [1.807, 2.05) is 0 Å². The average molecular weight is 230 g/mol. The Bertz CT molecular complexity index is 368. The Morgan fingerprint density at radius 1 is 0.941 bits per heavy atom. The normalized spacial score (nSPS) is 34.3. The van der Waals surface area contributed by atoms with E-state index >= 15 is 0 Å². The Labute approximate surface area is 104 Å². The number of benzene rings is 1. The molecule has 0 heterocycles. The molecule has 2 unspecified atom stereocenters. The minimum Gasteiger partial charge on any atom is -0.389 e. The van der Waals surface area contributed by atoms with Crippen LogP contribution in [0.2, 0.25) is 0 Å². The van der Waals surface area contributed by atoms with Gasteiger partial charge in [0.1, 0.15) is 0 Å². The SMILES string of the molecule is OC1(C2CCC2)CCCCC1c1ccccc1. The minimum absolute atomic E-state index is 0.378.